The molecule has 7 heteroatoms. The maximum atomic E-state index is 12.8. The highest BCUT2D eigenvalue weighted by Gasteiger charge is 2.33. The van der Waals surface area contributed by atoms with Gasteiger partial charge >= 0.3 is 0 Å². The van der Waals surface area contributed by atoms with Gasteiger partial charge in [0.2, 0.25) is 12.0 Å². The number of carbonyl (C=O) groups excluding carboxylic acids is 2. The molecule has 1 atom stereocenters. The Morgan fingerprint density at radius 2 is 1.62 bits per heavy atom. The van der Waals surface area contributed by atoms with E-state index < -0.39 is 6.10 Å². The maximum absolute atomic E-state index is 12.8. The molecule has 1 saturated heterocycles. The second-order valence-corrected chi connectivity index (χ2v) is 7.25. The van der Waals surface area contributed by atoms with Crippen molar-refractivity contribution >= 4 is 17.5 Å². The van der Waals surface area contributed by atoms with Gasteiger partial charge in [0.15, 0.2) is 11.5 Å². The fourth-order valence-electron chi connectivity index (χ4n) is 3.56. The van der Waals surface area contributed by atoms with Crippen LogP contribution in [0.4, 0.5) is 5.69 Å². The van der Waals surface area contributed by atoms with Crippen LogP contribution >= 0.6 is 0 Å². The van der Waals surface area contributed by atoms with Crippen LogP contribution in [0.5, 0.6) is 11.5 Å². The topological polar surface area (TPSA) is 62.3 Å². The number of piperazine rings is 1. The van der Waals surface area contributed by atoms with Crippen LogP contribution in [-0.4, -0.2) is 74.1 Å². The lowest BCUT2D eigenvalue weighted by molar-refractivity contribution is -0.143. The van der Waals surface area contributed by atoms with E-state index in [0.29, 0.717) is 44.2 Å². The lowest BCUT2D eigenvalue weighted by Crippen LogP contribution is -2.55. The smallest absolute Gasteiger partial charge is 0.267 e. The van der Waals surface area contributed by atoms with Crippen molar-refractivity contribution in [2.75, 3.05) is 51.3 Å². The van der Waals surface area contributed by atoms with Crippen molar-refractivity contribution in [1.29, 1.82) is 0 Å². The van der Waals surface area contributed by atoms with Crippen LogP contribution in [0.1, 0.15) is 0 Å². The van der Waals surface area contributed by atoms with Crippen LogP contribution in [0.15, 0.2) is 54.6 Å². The van der Waals surface area contributed by atoms with Crippen molar-refractivity contribution in [2.45, 2.75) is 6.10 Å². The van der Waals surface area contributed by atoms with Crippen molar-refractivity contribution in [1.82, 2.24) is 9.80 Å². The molecule has 0 radical (unpaired) electrons. The Bertz CT molecular complexity index is 865. The quantitative estimate of drug-likeness (QED) is 0.788. The molecule has 2 amide bonds. The standard InChI is InChI=1S/C22H25N3O4/c1-23(17-7-3-2-4-8-17)21(26)15-24-11-13-25(14-12-24)22(27)20-16-28-18-9-5-6-10-19(18)29-20/h2-10,20H,11-16H2,1H3. The fourth-order valence-corrected chi connectivity index (χ4v) is 3.56. The van der Waals surface area contributed by atoms with E-state index in [1.807, 2.05) is 54.6 Å². The lowest BCUT2D eigenvalue weighted by Gasteiger charge is -2.37. The van der Waals surface area contributed by atoms with E-state index >= 15 is 0 Å². The third kappa shape index (κ3) is 4.35. The predicted octanol–water partition coefficient (Wildman–Crippen LogP) is 1.63. The number of hydrogen-bond donors (Lipinski definition) is 0. The molecule has 2 aromatic carbocycles. The SMILES string of the molecule is CN(C(=O)CN1CCN(C(=O)C2COc3ccccc3O2)CC1)c1ccccc1. The predicted molar refractivity (Wildman–Crippen MR) is 109 cm³/mol. The zero-order valence-electron chi connectivity index (χ0n) is 16.5. The van der Waals surface area contributed by atoms with Gasteiger partial charge in [-0.2, -0.15) is 0 Å². The van der Waals surface area contributed by atoms with Crippen LogP contribution in [0.3, 0.4) is 0 Å². The summed E-state index contributed by atoms with van der Waals surface area (Å²) in [4.78, 5) is 30.9. The molecule has 152 valence electrons. The van der Waals surface area contributed by atoms with E-state index in [-0.39, 0.29) is 18.4 Å². The third-order valence-corrected chi connectivity index (χ3v) is 5.34. The Morgan fingerprint density at radius 1 is 0.966 bits per heavy atom. The molecular formula is C22H25N3O4. The highest BCUT2D eigenvalue weighted by Crippen LogP contribution is 2.31. The number of rotatable bonds is 4. The first-order valence-electron chi connectivity index (χ1n) is 9.83. The van der Waals surface area contributed by atoms with Gasteiger partial charge in [0, 0.05) is 38.9 Å². The van der Waals surface area contributed by atoms with Gasteiger partial charge in [-0.25, -0.2) is 0 Å². The molecule has 1 unspecified atom stereocenters. The van der Waals surface area contributed by atoms with Gasteiger partial charge in [-0.3, -0.25) is 14.5 Å². The highest BCUT2D eigenvalue weighted by molar-refractivity contribution is 5.94. The largest absolute Gasteiger partial charge is 0.485 e. The van der Waals surface area contributed by atoms with Crippen LogP contribution < -0.4 is 14.4 Å². The monoisotopic (exact) mass is 395 g/mol. The number of benzene rings is 2. The van der Waals surface area contributed by atoms with Crippen molar-refractivity contribution in [3.63, 3.8) is 0 Å². The fraction of sp³-hybridized carbons (Fsp3) is 0.364. The number of carbonyl (C=O) groups is 2. The van der Waals surface area contributed by atoms with Crippen LogP contribution in [0.25, 0.3) is 0 Å². The number of para-hydroxylation sites is 3. The molecule has 0 N–H and O–H groups in total. The summed E-state index contributed by atoms with van der Waals surface area (Å²) in [5.41, 5.74) is 0.876. The summed E-state index contributed by atoms with van der Waals surface area (Å²) in [5, 5.41) is 0. The normalized spacial score (nSPS) is 18.9. The first kappa shape index (κ1) is 19.3. The molecule has 2 aromatic rings. The Labute approximate surface area is 170 Å². The van der Waals surface area contributed by atoms with Gasteiger partial charge < -0.3 is 19.3 Å². The van der Waals surface area contributed by atoms with Gasteiger partial charge in [0.25, 0.3) is 5.91 Å². The van der Waals surface area contributed by atoms with E-state index in [4.69, 9.17) is 9.47 Å². The number of ether oxygens (including phenoxy) is 2. The van der Waals surface area contributed by atoms with E-state index in [9.17, 15) is 9.59 Å². The first-order chi connectivity index (χ1) is 14.1. The Hall–Kier alpha value is -3.06. The van der Waals surface area contributed by atoms with Gasteiger partial charge in [-0.1, -0.05) is 30.3 Å². The van der Waals surface area contributed by atoms with E-state index in [2.05, 4.69) is 4.90 Å². The van der Waals surface area contributed by atoms with Crippen molar-refractivity contribution in [2.24, 2.45) is 0 Å². The number of anilines is 1. The van der Waals surface area contributed by atoms with Crippen molar-refractivity contribution in [3.05, 3.63) is 54.6 Å². The molecule has 7 nitrogen and oxygen atoms in total. The van der Waals surface area contributed by atoms with Gasteiger partial charge in [-0.15, -0.1) is 0 Å². The average Bonchev–Trinajstić information content (AvgIpc) is 2.79. The zero-order chi connectivity index (χ0) is 20.2. The molecule has 2 aliphatic rings. The molecule has 1 fully saturated rings. The van der Waals surface area contributed by atoms with E-state index in [1.165, 1.54) is 0 Å². The van der Waals surface area contributed by atoms with Crippen LogP contribution in [-0.2, 0) is 9.59 Å². The summed E-state index contributed by atoms with van der Waals surface area (Å²) < 4.78 is 11.5. The molecule has 0 spiro atoms. The minimum absolute atomic E-state index is 0.0385. The zero-order valence-corrected chi connectivity index (χ0v) is 16.5. The second kappa shape index (κ2) is 8.53. The van der Waals surface area contributed by atoms with Crippen molar-refractivity contribution < 1.29 is 19.1 Å². The molecule has 0 aliphatic carbocycles. The highest BCUT2D eigenvalue weighted by atomic mass is 16.6. The van der Waals surface area contributed by atoms with Gasteiger partial charge in [0.1, 0.15) is 6.61 Å². The molecule has 2 heterocycles. The Morgan fingerprint density at radius 3 is 2.34 bits per heavy atom. The molecule has 0 aromatic heterocycles. The molecule has 0 saturated carbocycles. The summed E-state index contributed by atoms with van der Waals surface area (Å²) in [7, 11) is 1.79. The van der Waals surface area contributed by atoms with Crippen molar-refractivity contribution in [3.8, 4) is 11.5 Å². The maximum Gasteiger partial charge on any atom is 0.267 e. The van der Waals surface area contributed by atoms with E-state index in [1.54, 1.807) is 16.8 Å². The minimum atomic E-state index is -0.623. The Balaban J connectivity index is 1.27. The molecule has 2 aliphatic heterocycles. The van der Waals surface area contributed by atoms with Crippen LogP contribution in [0, 0.1) is 0 Å². The summed E-state index contributed by atoms with van der Waals surface area (Å²) in [5.74, 6) is 1.25. The number of likely N-dealkylation sites (N-methyl/N-ethyl adjacent to an activating group) is 1. The average molecular weight is 395 g/mol. The minimum Gasteiger partial charge on any atom is -0.485 e. The molecule has 29 heavy (non-hydrogen) atoms. The summed E-state index contributed by atoms with van der Waals surface area (Å²) in [6.45, 7) is 3.01. The Kier molecular flexibility index (Phi) is 5.67. The summed E-state index contributed by atoms with van der Waals surface area (Å²) >= 11 is 0. The summed E-state index contributed by atoms with van der Waals surface area (Å²) in [6.07, 6.45) is -0.623. The number of nitrogens with zero attached hydrogens (tertiary/aromatic N) is 3. The van der Waals surface area contributed by atoms with Crippen LogP contribution in [0.2, 0.25) is 0 Å². The van der Waals surface area contributed by atoms with Gasteiger partial charge in [0.05, 0.1) is 6.54 Å². The molecule has 4 rings (SSSR count). The summed E-state index contributed by atoms with van der Waals surface area (Å²) in [6, 6.07) is 17.0. The number of hydrogen-bond acceptors (Lipinski definition) is 5. The molecular weight excluding hydrogens is 370 g/mol. The molecule has 0 bridgehead atoms. The van der Waals surface area contributed by atoms with Gasteiger partial charge in [-0.05, 0) is 24.3 Å². The number of amides is 2. The third-order valence-electron chi connectivity index (χ3n) is 5.34. The van der Waals surface area contributed by atoms with E-state index in [0.717, 1.165) is 5.69 Å². The first-order valence-corrected chi connectivity index (χ1v) is 9.83. The second-order valence-electron chi connectivity index (χ2n) is 7.25. The lowest BCUT2D eigenvalue weighted by atomic mass is 10.2. The number of fused-ring (bicyclic) bond motifs is 1.